The third-order valence-electron chi connectivity index (χ3n) is 4.68. The van der Waals surface area contributed by atoms with Gasteiger partial charge in [-0.2, -0.15) is 0 Å². The van der Waals surface area contributed by atoms with Crippen molar-refractivity contribution < 1.29 is 23.9 Å². The van der Waals surface area contributed by atoms with Crippen LogP contribution in [0.3, 0.4) is 0 Å². The van der Waals surface area contributed by atoms with E-state index in [1.54, 1.807) is 20.8 Å². The highest BCUT2D eigenvalue weighted by molar-refractivity contribution is 7.18. The fourth-order valence-electron chi connectivity index (χ4n) is 3.20. The van der Waals surface area contributed by atoms with Crippen LogP contribution in [0.1, 0.15) is 57.3 Å². The van der Waals surface area contributed by atoms with Crippen molar-refractivity contribution in [2.45, 2.75) is 33.1 Å². The summed E-state index contributed by atoms with van der Waals surface area (Å²) in [7, 11) is 0. The van der Waals surface area contributed by atoms with Crippen LogP contribution >= 0.6 is 11.3 Å². The van der Waals surface area contributed by atoms with Crippen molar-refractivity contribution in [2.24, 2.45) is 5.92 Å². The van der Waals surface area contributed by atoms with E-state index in [9.17, 15) is 14.4 Å². The van der Waals surface area contributed by atoms with Gasteiger partial charge >= 0.3 is 11.9 Å². The molecule has 1 N–H and O–H groups in total. The molecule has 28 heavy (non-hydrogen) atoms. The minimum Gasteiger partial charge on any atom is -0.462 e. The molecule has 0 aliphatic heterocycles. The van der Waals surface area contributed by atoms with Crippen LogP contribution in [0.2, 0.25) is 0 Å². The van der Waals surface area contributed by atoms with Gasteiger partial charge in [-0.15, -0.1) is 11.3 Å². The van der Waals surface area contributed by atoms with Crippen molar-refractivity contribution in [1.29, 1.82) is 0 Å². The molecule has 0 spiro atoms. The van der Waals surface area contributed by atoms with Crippen LogP contribution in [0.25, 0.3) is 0 Å². The molecule has 1 aliphatic carbocycles. The van der Waals surface area contributed by atoms with Gasteiger partial charge in [-0.1, -0.05) is 30.3 Å². The van der Waals surface area contributed by atoms with E-state index in [1.807, 2.05) is 30.3 Å². The number of esters is 2. The van der Waals surface area contributed by atoms with Crippen molar-refractivity contribution in [3.05, 3.63) is 51.9 Å². The van der Waals surface area contributed by atoms with Gasteiger partial charge in [0.05, 0.1) is 18.8 Å². The van der Waals surface area contributed by atoms with Crippen LogP contribution in [0.5, 0.6) is 0 Å². The summed E-state index contributed by atoms with van der Waals surface area (Å²) in [6.07, 6.45) is 0.764. The van der Waals surface area contributed by atoms with Crippen LogP contribution in [-0.4, -0.2) is 31.1 Å². The Hall–Kier alpha value is -2.67. The molecule has 148 valence electrons. The van der Waals surface area contributed by atoms with Crippen LogP contribution in [-0.2, 0) is 14.3 Å². The molecule has 0 radical (unpaired) electrons. The number of carbonyl (C=O) groups is 3. The molecule has 0 saturated heterocycles. The van der Waals surface area contributed by atoms with Gasteiger partial charge in [0.15, 0.2) is 0 Å². The van der Waals surface area contributed by atoms with Crippen molar-refractivity contribution >= 4 is 34.2 Å². The normalized spacial score (nSPS) is 17.7. The molecule has 1 heterocycles. The molecule has 1 saturated carbocycles. The highest BCUT2D eigenvalue weighted by atomic mass is 32.1. The minimum atomic E-state index is -0.558. The second kappa shape index (κ2) is 8.56. The average molecular weight is 401 g/mol. The van der Waals surface area contributed by atoms with Crippen molar-refractivity contribution in [3.8, 4) is 0 Å². The zero-order chi connectivity index (χ0) is 20.3. The fourth-order valence-corrected chi connectivity index (χ4v) is 4.29. The third-order valence-corrected chi connectivity index (χ3v) is 5.87. The Morgan fingerprint density at radius 1 is 1.07 bits per heavy atom. The molecular formula is C21H23NO5S. The summed E-state index contributed by atoms with van der Waals surface area (Å²) in [5.74, 6) is -1.19. The van der Waals surface area contributed by atoms with Gasteiger partial charge in [-0.05, 0) is 44.2 Å². The Morgan fingerprint density at radius 2 is 1.71 bits per heavy atom. The summed E-state index contributed by atoms with van der Waals surface area (Å²) in [5, 5.41) is 3.18. The van der Waals surface area contributed by atoms with Gasteiger partial charge in [0.2, 0.25) is 5.91 Å². The number of anilines is 1. The summed E-state index contributed by atoms with van der Waals surface area (Å²) >= 11 is 1.05. The smallest absolute Gasteiger partial charge is 0.348 e. The quantitative estimate of drug-likeness (QED) is 0.705. The monoisotopic (exact) mass is 401 g/mol. The molecule has 1 aromatic heterocycles. The molecule has 1 aliphatic rings. The van der Waals surface area contributed by atoms with Gasteiger partial charge in [0.25, 0.3) is 0 Å². The van der Waals surface area contributed by atoms with Gasteiger partial charge in [-0.25, -0.2) is 9.59 Å². The van der Waals surface area contributed by atoms with Crippen molar-refractivity contribution in [1.82, 2.24) is 0 Å². The number of benzene rings is 1. The van der Waals surface area contributed by atoms with Gasteiger partial charge < -0.3 is 14.8 Å². The maximum absolute atomic E-state index is 12.7. The average Bonchev–Trinajstić information content (AvgIpc) is 3.41. The summed E-state index contributed by atoms with van der Waals surface area (Å²) in [4.78, 5) is 37.7. The Kier molecular flexibility index (Phi) is 6.14. The molecule has 0 bridgehead atoms. The van der Waals surface area contributed by atoms with Crippen LogP contribution < -0.4 is 5.32 Å². The molecule has 2 atom stereocenters. The largest absolute Gasteiger partial charge is 0.462 e. The van der Waals surface area contributed by atoms with E-state index in [-0.39, 0.29) is 36.5 Å². The molecule has 3 rings (SSSR count). The van der Waals surface area contributed by atoms with Gasteiger partial charge in [0.1, 0.15) is 9.88 Å². The zero-order valence-corrected chi connectivity index (χ0v) is 16.9. The Labute approximate surface area is 167 Å². The second-order valence-electron chi connectivity index (χ2n) is 6.55. The lowest BCUT2D eigenvalue weighted by atomic mass is 10.1. The highest BCUT2D eigenvalue weighted by Gasteiger charge is 2.44. The first-order valence-corrected chi connectivity index (χ1v) is 10.1. The lowest BCUT2D eigenvalue weighted by molar-refractivity contribution is -0.117. The molecule has 1 fully saturated rings. The van der Waals surface area contributed by atoms with E-state index in [0.717, 1.165) is 23.3 Å². The first kappa shape index (κ1) is 20.1. The third kappa shape index (κ3) is 4.09. The van der Waals surface area contributed by atoms with E-state index in [2.05, 4.69) is 5.32 Å². The first-order valence-electron chi connectivity index (χ1n) is 9.31. The van der Waals surface area contributed by atoms with E-state index < -0.39 is 11.9 Å². The van der Waals surface area contributed by atoms with Crippen LogP contribution in [0, 0.1) is 12.8 Å². The summed E-state index contributed by atoms with van der Waals surface area (Å²) < 4.78 is 10.2. The highest BCUT2D eigenvalue weighted by Crippen LogP contribution is 2.48. The van der Waals surface area contributed by atoms with Crippen LogP contribution in [0.15, 0.2) is 30.3 Å². The summed E-state index contributed by atoms with van der Waals surface area (Å²) in [6.45, 7) is 5.52. The maximum atomic E-state index is 12.7. The Bertz CT molecular complexity index is 890. The van der Waals surface area contributed by atoms with Gasteiger partial charge in [0, 0.05) is 5.92 Å². The number of amides is 1. The molecule has 2 aromatic rings. The Morgan fingerprint density at radius 3 is 2.36 bits per heavy atom. The molecule has 1 amide bonds. The number of nitrogens with one attached hydrogen (secondary N) is 1. The SMILES string of the molecule is CCOC(=O)c1sc(NC(=O)[C@H]2C[C@@H]2c2ccccc2)c(C(=O)OCC)c1C. The summed E-state index contributed by atoms with van der Waals surface area (Å²) in [6, 6.07) is 9.87. The lowest BCUT2D eigenvalue weighted by Crippen LogP contribution is -2.16. The standard InChI is InChI=1S/C21H23NO5S/c1-4-26-20(24)16-12(3)17(21(25)27-5-2)28-19(16)22-18(23)15-11-14(15)13-9-7-6-8-10-13/h6-10,14-15H,4-5,11H2,1-3H3,(H,22,23)/t14-,15+/m1/s1. The number of hydrogen-bond acceptors (Lipinski definition) is 6. The topological polar surface area (TPSA) is 81.7 Å². The number of rotatable bonds is 7. The second-order valence-corrected chi connectivity index (χ2v) is 7.57. The molecule has 7 heteroatoms. The predicted molar refractivity (Wildman–Crippen MR) is 107 cm³/mol. The molecule has 0 unspecified atom stereocenters. The first-order chi connectivity index (χ1) is 13.5. The van der Waals surface area contributed by atoms with E-state index in [1.165, 1.54) is 0 Å². The number of carbonyl (C=O) groups excluding carboxylic acids is 3. The minimum absolute atomic E-state index is 0.147. The number of ether oxygens (including phenoxy) is 2. The zero-order valence-electron chi connectivity index (χ0n) is 16.1. The van der Waals surface area contributed by atoms with Crippen LogP contribution in [0.4, 0.5) is 5.00 Å². The van der Waals surface area contributed by atoms with Crippen molar-refractivity contribution in [3.63, 3.8) is 0 Å². The predicted octanol–water partition coefficient (Wildman–Crippen LogP) is 4.15. The summed E-state index contributed by atoms with van der Waals surface area (Å²) in [5.41, 5.74) is 1.82. The molecule has 1 aromatic carbocycles. The van der Waals surface area contributed by atoms with E-state index >= 15 is 0 Å². The van der Waals surface area contributed by atoms with Gasteiger partial charge in [-0.3, -0.25) is 4.79 Å². The maximum Gasteiger partial charge on any atom is 0.348 e. The Balaban J connectivity index is 1.82. The number of thiophene rings is 1. The fraction of sp³-hybridized carbons (Fsp3) is 0.381. The van der Waals surface area contributed by atoms with E-state index in [0.29, 0.717) is 15.4 Å². The molecule has 6 nitrogen and oxygen atoms in total. The number of hydrogen-bond donors (Lipinski definition) is 1. The van der Waals surface area contributed by atoms with Crippen molar-refractivity contribution in [2.75, 3.05) is 18.5 Å². The molecular weight excluding hydrogens is 378 g/mol. The van der Waals surface area contributed by atoms with E-state index in [4.69, 9.17) is 9.47 Å². The lowest BCUT2D eigenvalue weighted by Gasteiger charge is -2.07.